The smallest absolute Gasteiger partial charge is 0.129 e. The van der Waals surface area contributed by atoms with Crippen LogP contribution in [0.4, 0.5) is 4.39 Å². The van der Waals surface area contributed by atoms with Gasteiger partial charge in [-0.05, 0) is 24.3 Å². The number of nitrogens with zero attached hydrogens (tertiary/aromatic N) is 4. The average molecular weight is 334 g/mol. The molecule has 0 saturated heterocycles. The Labute approximate surface area is 144 Å². The molecule has 124 valence electrons. The van der Waals surface area contributed by atoms with Crippen LogP contribution in [-0.4, -0.2) is 19.6 Å². The van der Waals surface area contributed by atoms with Gasteiger partial charge in [0.15, 0.2) is 0 Å². The van der Waals surface area contributed by atoms with Crippen LogP contribution in [0.5, 0.6) is 0 Å². The van der Waals surface area contributed by atoms with Gasteiger partial charge in [-0.3, -0.25) is 4.98 Å². The molecule has 1 aliphatic heterocycles. The molecule has 0 aliphatic carbocycles. The van der Waals surface area contributed by atoms with E-state index < -0.39 is 11.4 Å². The zero-order chi connectivity index (χ0) is 17.4. The SMILES string of the molecule is N#Cc1ccc([C@H]2C[C@](O)(Cc3ccccn3)c3cncn32)c(F)c1. The van der Waals surface area contributed by atoms with Crippen LogP contribution < -0.4 is 0 Å². The largest absolute Gasteiger partial charge is 0.383 e. The first-order chi connectivity index (χ1) is 12.1. The van der Waals surface area contributed by atoms with Gasteiger partial charge in [0.2, 0.25) is 0 Å². The highest BCUT2D eigenvalue weighted by molar-refractivity contribution is 5.37. The topological polar surface area (TPSA) is 74.7 Å². The van der Waals surface area contributed by atoms with E-state index in [9.17, 15) is 9.50 Å². The second-order valence-electron chi connectivity index (χ2n) is 6.28. The number of aromatic nitrogens is 3. The second-order valence-corrected chi connectivity index (χ2v) is 6.28. The summed E-state index contributed by atoms with van der Waals surface area (Å²) in [7, 11) is 0. The fraction of sp³-hybridized carbons (Fsp3) is 0.211. The van der Waals surface area contributed by atoms with Crippen LogP contribution in [-0.2, 0) is 12.0 Å². The predicted molar refractivity (Wildman–Crippen MR) is 87.9 cm³/mol. The molecule has 1 N–H and O–H groups in total. The van der Waals surface area contributed by atoms with Crippen LogP contribution >= 0.6 is 0 Å². The summed E-state index contributed by atoms with van der Waals surface area (Å²) in [6.07, 6.45) is 5.55. The van der Waals surface area contributed by atoms with E-state index in [1.165, 1.54) is 6.07 Å². The third kappa shape index (κ3) is 2.59. The van der Waals surface area contributed by atoms with Crippen LogP contribution in [0.25, 0.3) is 0 Å². The Morgan fingerprint density at radius 1 is 1.36 bits per heavy atom. The van der Waals surface area contributed by atoms with E-state index in [4.69, 9.17) is 5.26 Å². The van der Waals surface area contributed by atoms with Gasteiger partial charge in [0.05, 0.1) is 35.9 Å². The lowest BCUT2D eigenvalue weighted by molar-refractivity contribution is 0.0346. The van der Waals surface area contributed by atoms with Crippen LogP contribution in [0.3, 0.4) is 0 Å². The summed E-state index contributed by atoms with van der Waals surface area (Å²) in [4.78, 5) is 8.41. The minimum absolute atomic E-state index is 0.272. The average Bonchev–Trinajstić information content (AvgIpc) is 3.19. The molecule has 0 amide bonds. The molecule has 3 heterocycles. The molecular weight excluding hydrogens is 319 g/mol. The third-order valence-corrected chi connectivity index (χ3v) is 4.70. The number of hydrogen-bond donors (Lipinski definition) is 1. The fourth-order valence-corrected chi connectivity index (χ4v) is 3.53. The Morgan fingerprint density at radius 2 is 2.24 bits per heavy atom. The molecule has 0 unspecified atom stereocenters. The number of halogens is 1. The summed E-state index contributed by atoms with van der Waals surface area (Å²) in [6, 6.07) is 11.5. The van der Waals surface area contributed by atoms with Crippen LogP contribution in [0.1, 0.15) is 35.0 Å². The van der Waals surface area contributed by atoms with Crippen molar-refractivity contribution in [2.45, 2.75) is 24.5 Å². The van der Waals surface area contributed by atoms with E-state index in [1.807, 2.05) is 24.3 Å². The summed E-state index contributed by atoms with van der Waals surface area (Å²) in [6.45, 7) is 0. The fourth-order valence-electron chi connectivity index (χ4n) is 3.53. The van der Waals surface area contributed by atoms with E-state index in [0.717, 1.165) is 5.69 Å². The highest BCUT2D eigenvalue weighted by Gasteiger charge is 2.44. The molecule has 1 aliphatic rings. The Hall–Kier alpha value is -3.04. The highest BCUT2D eigenvalue weighted by Crippen LogP contribution is 2.44. The number of nitriles is 1. The molecule has 6 heteroatoms. The van der Waals surface area contributed by atoms with E-state index in [2.05, 4.69) is 9.97 Å². The highest BCUT2D eigenvalue weighted by atomic mass is 19.1. The van der Waals surface area contributed by atoms with Gasteiger partial charge in [-0.2, -0.15) is 5.26 Å². The molecule has 3 aromatic rings. The minimum atomic E-state index is -1.17. The second kappa shape index (κ2) is 5.80. The normalized spacial score (nSPS) is 21.7. The molecule has 5 nitrogen and oxygen atoms in total. The van der Waals surface area contributed by atoms with Crippen molar-refractivity contribution >= 4 is 0 Å². The van der Waals surface area contributed by atoms with Gasteiger partial charge in [0, 0.05) is 30.3 Å². The summed E-state index contributed by atoms with van der Waals surface area (Å²) in [5.74, 6) is -0.453. The van der Waals surface area contributed by atoms with Crippen molar-refractivity contribution in [2.75, 3.05) is 0 Å². The third-order valence-electron chi connectivity index (χ3n) is 4.70. The van der Waals surface area contributed by atoms with E-state index in [0.29, 0.717) is 24.1 Å². The lowest BCUT2D eigenvalue weighted by Gasteiger charge is -2.22. The van der Waals surface area contributed by atoms with E-state index in [1.54, 1.807) is 35.4 Å². The molecule has 0 fully saturated rings. The van der Waals surface area contributed by atoms with Crippen molar-refractivity contribution in [3.8, 4) is 6.07 Å². The van der Waals surface area contributed by atoms with E-state index in [-0.39, 0.29) is 11.6 Å². The molecule has 0 bridgehead atoms. The lowest BCUT2D eigenvalue weighted by Crippen LogP contribution is -2.26. The first-order valence-corrected chi connectivity index (χ1v) is 7.95. The number of fused-ring (bicyclic) bond motifs is 1. The van der Waals surface area contributed by atoms with E-state index >= 15 is 0 Å². The maximum atomic E-state index is 14.5. The zero-order valence-corrected chi connectivity index (χ0v) is 13.3. The number of rotatable bonds is 3. The van der Waals surface area contributed by atoms with Crippen molar-refractivity contribution in [1.29, 1.82) is 5.26 Å². The Morgan fingerprint density at radius 3 is 2.96 bits per heavy atom. The Balaban J connectivity index is 1.73. The minimum Gasteiger partial charge on any atom is -0.383 e. The van der Waals surface area contributed by atoms with Gasteiger partial charge in [0.25, 0.3) is 0 Å². The van der Waals surface area contributed by atoms with Crippen molar-refractivity contribution in [3.63, 3.8) is 0 Å². The van der Waals surface area contributed by atoms with Gasteiger partial charge in [-0.1, -0.05) is 12.1 Å². The number of imidazole rings is 1. The van der Waals surface area contributed by atoms with Gasteiger partial charge >= 0.3 is 0 Å². The first kappa shape index (κ1) is 15.5. The van der Waals surface area contributed by atoms with Crippen molar-refractivity contribution in [2.24, 2.45) is 0 Å². The predicted octanol–water partition coefficient (Wildman–Crippen LogP) is 2.71. The van der Waals surface area contributed by atoms with Crippen molar-refractivity contribution in [3.05, 3.63) is 83.5 Å². The van der Waals surface area contributed by atoms with Crippen LogP contribution in [0.15, 0.2) is 55.1 Å². The molecule has 2 aromatic heterocycles. The molecule has 4 rings (SSSR count). The number of aliphatic hydroxyl groups is 1. The quantitative estimate of drug-likeness (QED) is 0.799. The number of pyridine rings is 1. The van der Waals surface area contributed by atoms with Gasteiger partial charge < -0.3 is 9.67 Å². The summed E-state index contributed by atoms with van der Waals surface area (Å²) in [5.41, 5.74) is 0.949. The summed E-state index contributed by atoms with van der Waals surface area (Å²) < 4.78 is 16.3. The summed E-state index contributed by atoms with van der Waals surface area (Å²) in [5, 5.41) is 20.1. The number of hydrogen-bond acceptors (Lipinski definition) is 4. The lowest BCUT2D eigenvalue weighted by atomic mass is 9.89. The molecular formula is C19H15FN4O. The molecule has 0 radical (unpaired) electrons. The molecule has 25 heavy (non-hydrogen) atoms. The first-order valence-electron chi connectivity index (χ1n) is 7.95. The molecule has 1 aromatic carbocycles. The molecule has 0 spiro atoms. The Bertz CT molecular complexity index is 963. The maximum absolute atomic E-state index is 14.5. The summed E-state index contributed by atoms with van der Waals surface area (Å²) >= 11 is 0. The van der Waals surface area contributed by atoms with Gasteiger partial charge in [-0.25, -0.2) is 9.37 Å². The van der Waals surface area contributed by atoms with Crippen molar-refractivity contribution in [1.82, 2.24) is 14.5 Å². The monoisotopic (exact) mass is 334 g/mol. The molecule has 0 saturated carbocycles. The van der Waals surface area contributed by atoms with Gasteiger partial charge in [-0.15, -0.1) is 0 Å². The van der Waals surface area contributed by atoms with Gasteiger partial charge in [0.1, 0.15) is 11.4 Å². The van der Waals surface area contributed by atoms with Crippen LogP contribution in [0.2, 0.25) is 0 Å². The zero-order valence-electron chi connectivity index (χ0n) is 13.3. The Kier molecular flexibility index (Phi) is 3.59. The molecule has 2 atom stereocenters. The van der Waals surface area contributed by atoms with Crippen molar-refractivity contribution < 1.29 is 9.50 Å². The number of benzene rings is 1. The standard InChI is InChI=1S/C19H15FN4O/c20-16-7-13(10-21)4-5-15(16)17-9-19(25,18-11-22-12-24(17)18)8-14-3-1-2-6-23-14/h1-7,11-12,17,25H,8-9H2/t17-,19-/m1/s1. The maximum Gasteiger partial charge on any atom is 0.129 e. The van der Waals surface area contributed by atoms with Crippen LogP contribution in [0, 0.1) is 17.1 Å².